The zero-order valence-corrected chi connectivity index (χ0v) is 13.9. The van der Waals surface area contributed by atoms with Gasteiger partial charge in [-0.2, -0.15) is 5.10 Å². The van der Waals surface area contributed by atoms with Gasteiger partial charge in [0, 0.05) is 42.5 Å². The van der Waals surface area contributed by atoms with Gasteiger partial charge in [0.25, 0.3) is 0 Å². The lowest BCUT2D eigenvalue weighted by atomic mass is 10.3. The SMILES string of the molecule is COc1cccc(NC(=O)NCCc2csc(-n3cccn3)n2)c1. The third-order valence-corrected chi connectivity index (χ3v) is 4.11. The minimum absolute atomic E-state index is 0.259. The predicted octanol–water partition coefficient (Wildman–Crippen LogP) is 2.70. The number of ether oxygens (including phenoxy) is 1. The average molecular weight is 343 g/mol. The van der Waals surface area contributed by atoms with Crippen LogP contribution >= 0.6 is 11.3 Å². The highest BCUT2D eigenvalue weighted by molar-refractivity contribution is 7.12. The van der Waals surface area contributed by atoms with Gasteiger partial charge in [0.2, 0.25) is 5.13 Å². The van der Waals surface area contributed by atoms with Gasteiger partial charge in [0.1, 0.15) is 5.75 Å². The first-order valence-electron chi connectivity index (χ1n) is 7.38. The third kappa shape index (κ3) is 4.11. The molecule has 2 amide bonds. The summed E-state index contributed by atoms with van der Waals surface area (Å²) in [6.45, 7) is 0.498. The quantitative estimate of drug-likeness (QED) is 0.721. The molecule has 7 nitrogen and oxygen atoms in total. The van der Waals surface area contributed by atoms with Gasteiger partial charge in [0.15, 0.2) is 0 Å². The Morgan fingerprint density at radius 3 is 3.08 bits per heavy atom. The summed E-state index contributed by atoms with van der Waals surface area (Å²) >= 11 is 1.52. The van der Waals surface area contributed by atoms with Crippen molar-refractivity contribution in [3.05, 3.63) is 53.8 Å². The Hall–Kier alpha value is -2.87. The number of nitrogens with one attached hydrogen (secondary N) is 2. The maximum Gasteiger partial charge on any atom is 0.319 e. The van der Waals surface area contributed by atoms with Crippen LogP contribution in [0.4, 0.5) is 10.5 Å². The number of hydrogen-bond donors (Lipinski definition) is 2. The highest BCUT2D eigenvalue weighted by Gasteiger charge is 2.06. The summed E-state index contributed by atoms with van der Waals surface area (Å²) in [5.41, 5.74) is 1.61. The summed E-state index contributed by atoms with van der Waals surface area (Å²) < 4.78 is 6.84. The zero-order chi connectivity index (χ0) is 16.8. The van der Waals surface area contributed by atoms with Crippen molar-refractivity contribution in [2.24, 2.45) is 0 Å². The molecule has 8 heteroatoms. The molecule has 3 aromatic rings. The molecular formula is C16H17N5O2S. The maximum atomic E-state index is 11.9. The van der Waals surface area contributed by atoms with E-state index >= 15 is 0 Å². The molecule has 0 saturated carbocycles. The fraction of sp³-hybridized carbons (Fsp3) is 0.188. The Morgan fingerprint density at radius 2 is 2.29 bits per heavy atom. The normalized spacial score (nSPS) is 10.4. The van der Waals surface area contributed by atoms with E-state index in [2.05, 4.69) is 20.7 Å². The minimum Gasteiger partial charge on any atom is -0.497 e. The number of benzene rings is 1. The first-order valence-corrected chi connectivity index (χ1v) is 8.26. The highest BCUT2D eigenvalue weighted by atomic mass is 32.1. The van der Waals surface area contributed by atoms with Gasteiger partial charge in [0.05, 0.1) is 12.8 Å². The van der Waals surface area contributed by atoms with Crippen LogP contribution in [-0.4, -0.2) is 34.5 Å². The molecule has 3 rings (SSSR count). The molecule has 2 heterocycles. The van der Waals surface area contributed by atoms with Crippen LogP contribution in [0.2, 0.25) is 0 Å². The zero-order valence-electron chi connectivity index (χ0n) is 13.1. The Balaban J connectivity index is 1.46. The maximum absolute atomic E-state index is 11.9. The van der Waals surface area contributed by atoms with E-state index in [1.807, 2.05) is 29.8 Å². The molecule has 0 saturated heterocycles. The molecule has 2 aromatic heterocycles. The number of amides is 2. The Bertz CT molecular complexity index is 800. The Labute approximate surface area is 143 Å². The van der Waals surface area contributed by atoms with E-state index in [0.717, 1.165) is 10.8 Å². The number of methoxy groups -OCH3 is 1. The van der Waals surface area contributed by atoms with Crippen LogP contribution in [-0.2, 0) is 6.42 Å². The van der Waals surface area contributed by atoms with Crippen LogP contribution in [0.1, 0.15) is 5.69 Å². The van der Waals surface area contributed by atoms with Gasteiger partial charge in [-0.3, -0.25) is 0 Å². The van der Waals surface area contributed by atoms with E-state index in [-0.39, 0.29) is 6.03 Å². The second kappa shape index (κ2) is 7.60. The monoisotopic (exact) mass is 343 g/mol. The van der Waals surface area contributed by atoms with Crippen LogP contribution in [0.3, 0.4) is 0 Å². The van der Waals surface area contributed by atoms with Gasteiger partial charge >= 0.3 is 6.03 Å². The smallest absolute Gasteiger partial charge is 0.319 e. The van der Waals surface area contributed by atoms with Gasteiger partial charge < -0.3 is 15.4 Å². The van der Waals surface area contributed by atoms with Crippen molar-refractivity contribution in [2.75, 3.05) is 19.0 Å². The number of urea groups is 1. The van der Waals surface area contributed by atoms with Gasteiger partial charge in [-0.05, 0) is 18.2 Å². The van der Waals surface area contributed by atoms with Gasteiger partial charge in [-0.15, -0.1) is 11.3 Å². The van der Waals surface area contributed by atoms with Crippen LogP contribution in [0.25, 0.3) is 5.13 Å². The van der Waals surface area contributed by atoms with Crippen molar-refractivity contribution >= 4 is 23.1 Å². The first kappa shape index (κ1) is 16.0. The Morgan fingerprint density at radius 1 is 1.38 bits per heavy atom. The lowest BCUT2D eigenvalue weighted by Crippen LogP contribution is -2.30. The molecule has 1 aromatic carbocycles. The third-order valence-electron chi connectivity index (χ3n) is 3.23. The summed E-state index contributed by atoms with van der Waals surface area (Å²) in [5, 5.41) is 12.5. The van der Waals surface area contributed by atoms with E-state index in [1.54, 1.807) is 30.1 Å². The number of carbonyl (C=O) groups is 1. The van der Waals surface area contributed by atoms with Crippen LogP contribution in [0.5, 0.6) is 5.75 Å². The predicted molar refractivity (Wildman–Crippen MR) is 93.0 cm³/mol. The first-order chi connectivity index (χ1) is 11.7. The second-order valence-electron chi connectivity index (χ2n) is 4.93. The molecule has 0 radical (unpaired) electrons. The van der Waals surface area contributed by atoms with Crippen LogP contribution < -0.4 is 15.4 Å². The van der Waals surface area contributed by atoms with E-state index < -0.39 is 0 Å². The fourth-order valence-electron chi connectivity index (χ4n) is 2.08. The van der Waals surface area contributed by atoms with Crippen molar-refractivity contribution in [1.82, 2.24) is 20.1 Å². The van der Waals surface area contributed by atoms with Crippen molar-refractivity contribution in [3.8, 4) is 10.9 Å². The molecule has 0 atom stereocenters. The Kier molecular flexibility index (Phi) is 5.07. The number of anilines is 1. The molecular weight excluding hydrogens is 326 g/mol. The average Bonchev–Trinajstić information content (AvgIpc) is 3.26. The van der Waals surface area contributed by atoms with Gasteiger partial charge in [-0.25, -0.2) is 14.5 Å². The molecule has 124 valence electrons. The molecule has 0 aliphatic rings. The number of nitrogens with zero attached hydrogens (tertiary/aromatic N) is 3. The second-order valence-corrected chi connectivity index (χ2v) is 5.77. The molecule has 2 N–H and O–H groups in total. The summed E-state index contributed by atoms with van der Waals surface area (Å²) in [4.78, 5) is 16.4. The van der Waals surface area contributed by atoms with Gasteiger partial charge in [-0.1, -0.05) is 6.07 Å². The summed E-state index contributed by atoms with van der Waals surface area (Å²) in [6, 6.07) is 8.80. The molecule has 0 aliphatic carbocycles. The van der Waals surface area contributed by atoms with E-state index in [9.17, 15) is 4.79 Å². The standard InChI is InChI=1S/C16H17N5O2S/c1-23-14-5-2-4-12(10-14)19-15(22)17-8-6-13-11-24-16(20-13)21-9-3-7-18-21/h2-5,7,9-11H,6,8H2,1H3,(H2,17,19,22). The van der Waals surface area contributed by atoms with Crippen molar-refractivity contribution < 1.29 is 9.53 Å². The largest absolute Gasteiger partial charge is 0.497 e. The molecule has 0 aliphatic heterocycles. The highest BCUT2D eigenvalue weighted by Crippen LogP contribution is 2.16. The van der Waals surface area contributed by atoms with Crippen molar-refractivity contribution in [2.45, 2.75) is 6.42 Å². The van der Waals surface area contributed by atoms with E-state index in [0.29, 0.717) is 24.4 Å². The van der Waals surface area contributed by atoms with Crippen LogP contribution in [0, 0.1) is 0 Å². The lowest BCUT2D eigenvalue weighted by Gasteiger charge is -2.08. The molecule has 0 fully saturated rings. The fourth-order valence-corrected chi connectivity index (χ4v) is 2.88. The number of thiazole rings is 1. The molecule has 0 spiro atoms. The van der Waals surface area contributed by atoms with Crippen molar-refractivity contribution in [3.63, 3.8) is 0 Å². The number of rotatable bonds is 6. The van der Waals surface area contributed by atoms with E-state index in [1.165, 1.54) is 11.3 Å². The molecule has 0 unspecified atom stereocenters. The van der Waals surface area contributed by atoms with E-state index in [4.69, 9.17) is 4.74 Å². The molecule has 0 bridgehead atoms. The molecule has 24 heavy (non-hydrogen) atoms. The van der Waals surface area contributed by atoms with Crippen LogP contribution in [0.15, 0.2) is 48.1 Å². The van der Waals surface area contributed by atoms with Crippen molar-refractivity contribution in [1.29, 1.82) is 0 Å². The summed E-state index contributed by atoms with van der Waals surface area (Å²) in [5.74, 6) is 0.696. The summed E-state index contributed by atoms with van der Waals surface area (Å²) in [6.07, 6.45) is 4.22. The lowest BCUT2D eigenvalue weighted by molar-refractivity contribution is 0.252. The summed E-state index contributed by atoms with van der Waals surface area (Å²) in [7, 11) is 1.59. The number of carbonyl (C=O) groups excluding carboxylic acids is 1. The number of hydrogen-bond acceptors (Lipinski definition) is 5. The minimum atomic E-state index is -0.259. The number of aromatic nitrogens is 3. The topological polar surface area (TPSA) is 81.1 Å².